The molecule has 112 valence electrons. The number of nitrogens with zero attached hydrogens (tertiary/aromatic N) is 1. The van der Waals surface area contributed by atoms with Gasteiger partial charge in [-0.3, -0.25) is 4.90 Å². The van der Waals surface area contributed by atoms with E-state index in [2.05, 4.69) is 18.7 Å². The summed E-state index contributed by atoms with van der Waals surface area (Å²) in [5, 5.41) is 10.8. The zero-order chi connectivity index (χ0) is 14.5. The quantitative estimate of drug-likeness (QED) is 0.905. The van der Waals surface area contributed by atoms with Crippen LogP contribution in [0, 0.1) is 0 Å². The van der Waals surface area contributed by atoms with Gasteiger partial charge in [-0.15, -0.1) is 0 Å². The first kappa shape index (κ1) is 15.6. The fraction of sp³-hybridized carbons (Fsp3) is 0.625. The lowest BCUT2D eigenvalue weighted by molar-refractivity contribution is 0.0209. The minimum Gasteiger partial charge on any atom is -0.491 e. The average Bonchev–Trinajstić information content (AvgIpc) is 2.42. The molecule has 1 aromatic rings. The molecule has 20 heavy (non-hydrogen) atoms. The molecule has 1 N–H and O–H groups in total. The molecule has 0 bridgehead atoms. The molecule has 1 heterocycles. The summed E-state index contributed by atoms with van der Waals surface area (Å²) in [7, 11) is 0. The van der Waals surface area contributed by atoms with Crippen LogP contribution in [0.2, 0.25) is 5.02 Å². The standard InChI is InChI=1S/C16H24ClNO2/c1-12-4-3-5-13(2)18(12)10-15(19)11-20-16-8-6-14(17)7-9-16/h6-9,12-13,15,19H,3-5,10-11H2,1-2H3/t12-,13-,15+/m0/s1. The van der Waals surface area contributed by atoms with Gasteiger partial charge >= 0.3 is 0 Å². The van der Waals surface area contributed by atoms with Gasteiger partial charge in [0.05, 0.1) is 0 Å². The zero-order valence-corrected chi connectivity index (χ0v) is 13.0. The van der Waals surface area contributed by atoms with Crippen LogP contribution in [-0.4, -0.2) is 41.3 Å². The number of likely N-dealkylation sites (tertiary alicyclic amines) is 1. The summed E-state index contributed by atoms with van der Waals surface area (Å²) in [4.78, 5) is 2.39. The number of halogens is 1. The van der Waals surface area contributed by atoms with Crippen LogP contribution in [0.25, 0.3) is 0 Å². The van der Waals surface area contributed by atoms with E-state index in [0.717, 1.165) is 5.75 Å². The Morgan fingerprint density at radius 2 is 1.85 bits per heavy atom. The number of benzene rings is 1. The van der Waals surface area contributed by atoms with Crippen LogP contribution in [0.3, 0.4) is 0 Å². The summed E-state index contributed by atoms with van der Waals surface area (Å²) in [5.41, 5.74) is 0. The zero-order valence-electron chi connectivity index (χ0n) is 12.3. The first-order valence-corrected chi connectivity index (χ1v) is 7.76. The van der Waals surface area contributed by atoms with E-state index in [1.54, 1.807) is 12.1 Å². The van der Waals surface area contributed by atoms with Gasteiger partial charge < -0.3 is 9.84 Å². The smallest absolute Gasteiger partial charge is 0.119 e. The molecule has 1 aliphatic heterocycles. The molecule has 0 aliphatic carbocycles. The summed E-state index contributed by atoms with van der Waals surface area (Å²) in [6, 6.07) is 8.31. The van der Waals surface area contributed by atoms with Crippen molar-refractivity contribution in [3.05, 3.63) is 29.3 Å². The number of ether oxygens (including phenoxy) is 1. The molecule has 2 rings (SSSR count). The lowest BCUT2D eigenvalue weighted by Gasteiger charge is -2.40. The first-order valence-electron chi connectivity index (χ1n) is 7.38. The largest absolute Gasteiger partial charge is 0.491 e. The number of hydrogen-bond donors (Lipinski definition) is 1. The number of rotatable bonds is 5. The summed E-state index contributed by atoms with van der Waals surface area (Å²) in [6.45, 7) is 5.47. The van der Waals surface area contributed by atoms with Crippen LogP contribution in [0.5, 0.6) is 5.75 Å². The van der Waals surface area contributed by atoms with Gasteiger partial charge in [0.15, 0.2) is 0 Å². The van der Waals surface area contributed by atoms with Crippen molar-refractivity contribution in [2.24, 2.45) is 0 Å². The van der Waals surface area contributed by atoms with Gasteiger partial charge in [0.2, 0.25) is 0 Å². The monoisotopic (exact) mass is 297 g/mol. The maximum Gasteiger partial charge on any atom is 0.119 e. The van der Waals surface area contributed by atoms with E-state index in [1.165, 1.54) is 19.3 Å². The van der Waals surface area contributed by atoms with Crippen LogP contribution in [-0.2, 0) is 0 Å². The van der Waals surface area contributed by atoms with Crippen LogP contribution in [0.15, 0.2) is 24.3 Å². The van der Waals surface area contributed by atoms with E-state index < -0.39 is 6.10 Å². The van der Waals surface area contributed by atoms with Gasteiger partial charge in [-0.05, 0) is 51.0 Å². The van der Waals surface area contributed by atoms with Gasteiger partial charge in [-0.25, -0.2) is 0 Å². The number of piperidine rings is 1. The maximum absolute atomic E-state index is 10.2. The van der Waals surface area contributed by atoms with Crippen molar-refractivity contribution in [3.8, 4) is 5.75 Å². The minimum atomic E-state index is -0.464. The van der Waals surface area contributed by atoms with Crippen molar-refractivity contribution in [3.63, 3.8) is 0 Å². The van der Waals surface area contributed by atoms with Crippen molar-refractivity contribution in [1.82, 2.24) is 4.90 Å². The predicted octanol–water partition coefficient (Wildman–Crippen LogP) is 3.34. The van der Waals surface area contributed by atoms with E-state index in [1.807, 2.05) is 12.1 Å². The van der Waals surface area contributed by atoms with E-state index in [0.29, 0.717) is 30.3 Å². The molecular weight excluding hydrogens is 274 g/mol. The normalized spacial score (nSPS) is 25.4. The van der Waals surface area contributed by atoms with E-state index in [-0.39, 0.29) is 0 Å². The second-order valence-corrected chi connectivity index (χ2v) is 6.18. The molecule has 1 fully saturated rings. The van der Waals surface area contributed by atoms with Crippen LogP contribution in [0.1, 0.15) is 33.1 Å². The molecule has 3 nitrogen and oxygen atoms in total. The van der Waals surface area contributed by atoms with E-state index in [9.17, 15) is 5.11 Å². The highest BCUT2D eigenvalue weighted by molar-refractivity contribution is 6.30. The molecule has 0 spiro atoms. The van der Waals surface area contributed by atoms with Crippen LogP contribution >= 0.6 is 11.6 Å². The topological polar surface area (TPSA) is 32.7 Å². The van der Waals surface area contributed by atoms with Gasteiger partial charge in [0.1, 0.15) is 18.5 Å². The van der Waals surface area contributed by atoms with Gasteiger partial charge in [-0.1, -0.05) is 18.0 Å². The SMILES string of the molecule is C[C@H]1CCC[C@H](C)N1C[C@@H](O)COc1ccc(Cl)cc1. The Labute approximate surface area is 126 Å². The average molecular weight is 298 g/mol. The minimum absolute atomic E-state index is 0.317. The summed E-state index contributed by atoms with van der Waals surface area (Å²) < 4.78 is 5.60. The van der Waals surface area contributed by atoms with Crippen molar-refractivity contribution >= 4 is 11.6 Å². The Balaban J connectivity index is 1.79. The third-order valence-electron chi connectivity index (χ3n) is 4.05. The Morgan fingerprint density at radius 3 is 2.45 bits per heavy atom. The predicted molar refractivity (Wildman–Crippen MR) is 82.4 cm³/mol. The van der Waals surface area contributed by atoms with Gasteiger partial charge in [-0.2, -0.15) is 0 Å². The first-order chi connectivity index (χ1) is 9.56. The van der Waals surface area contributed by atoms with Crippen molar-refractivity contribution < 1.29 is 9.84 Å². The summed E-state index contributed by atoms with van der Waals surface area (Å²) >= 11 is 5.82. The van der Waals surface area contributed by atoms with Gasteiger partial charge in [0.25, 0.3) is 0 Å². The van der Waals surface area contributed by atoms with Crippen molar-refractivity contribution in [2.75, 3.05) is 13.2 Å². The molecule has 3 atom stereocenters. The fourth-order valence-electron chi connectivity index (χ4n) is 2.85. The number of aliphatic hydroxyl groups excluding tert-OH is 1. The molecule has 0 amide bonds. The summed E-state index contributed by atoms with van der Waals surface area (Å²) in [6.07, 6.45) is 3.26. The van der Waals surface area contributed by atoms with E-state index >= 15 is 0 Å². The highest BCUT2D eigenvalue weighted by Crippen LogP contribution is 2.22. The molecular formula is C16H24ClNO2. The second-order valence-electron chi connectivity index (χ2n) is 5.74. The van der Waals surface area contributed by atoms with Crippen molar-refractivity contribution in [2.45, 2.75) is 51.3 Å². The van der Waals surface area contributed by atoms with Crippen LogP contribution in [0.4, 0.5) is 0 Å². The molecule has 0 aromatic heterocycles. The Morgan fingerprint density at radius 1 is 1.25 bits per heavy atom. The number of β-amino-alcohol motifs (C(OH)–C–C–N with tert-alkyl or cyclic N) is 1. The molecule has 0 unspecified atom stereocenters. The van der Waals surface area contributed by atoms with Crippen molar-refractivity contribution in [1.29, 1.82) is 0 Å². The molecule has 1 aliphatic rings. The molecule has 1 saturated heterocycles. The highest BCUT2D eigenvalue weighted by atomic mass is 35.5. The lowest BCUT2D eigenvalue weighted by atomic mass is 9.97. The molecule has 1 aromatic carbocycles. The van der Waals surface area contributed by atoms with Gasteiger partial charge in [0, 0.05) is 23.7 Å². The molecule has 0 saturated carbocycles. The number of hydrogen-bond acceptors (Lipinski definition) is 3. The Hall–Kier alpha value is -0.770. The lowest BCUT2D eigenvalue weighted by Crippen LogP contribution is -2.48. The second kappa shape index (κ2) is 7.30. The Kier molecular flexibility index (Phi) is 5.70. The molecule has 4 heteroatoms. The highest BCUT2D eigenvalue weighted by Gasteiger charge is 2.26. The fourth-order valence-corrected chi connectivity index (χ4v) is 2.98. The summed E-state index contributed by atoms with van der Waals surface area (Å²) in [5.74, 6) is 0.744. The maximum atomic E-state index is 10.2. The van der Waals surface area contributed by atoms with E-state index in [4.69, 9.17) is 16.3 Å². The third kappa shape index (κ3) is 4.37. The third-order valence-corrected chi connectivity index (χ3v) is 4.31. The molecule has 0 radical (unpaired) electrons. The Bertz CT molecular complexity index is 399. The number of aliphatic hydroxyl groups is 1. The van der Waals surface area contributed by atoms with Crippen LogP contribution < -0.4 is 4.74 Å².